The fraction of sp³-hybridized carbons (Fsp3) is 0.435. The van der Waals surface area contributed by atoms with Crippen LogP contribution in [0.5, 0.6) is 17.2 Å². The number of aliphatic hydroxyl groups excluding tert-OH is 1. The van der Waals surface area contributed by atoms with Crippen molar-refractivity contribution >= 4 is 23.2 Å². The van der Waals surface area contributed by atoms with Crippen LogP contribution in [0.3, 0.4) is 0 Å². The predicted octanol–water partition coefficient (Wildman–Crippen LogP) is 5.69. The molecule has 0 saturated carbocycles. The van der Waals surface area contributed by atoms with Crippen LogP contribution in [0.4, 0.5) is 11.4 Å². The van der Waals surface area contributed by atoms with Gasteiger partial charge in [-0.25, -0.2) is 0 Å². The van der Waals surface area contributed by atoms with E-state index in [0.29, 0.717) is 30.9 Å². The van der Waals surface area contributed by atoms with Crippen LogP contribution in [0.25, 0.3) is 0 Å². The molecule has 0 bridgehead atoms. The van der Waals surface area contributed by atoms with Crippen LogP contribution in [0.2, 0.25) is 0 Å². The minimum Gasteiger partial charge on any atom is -0.508 e. The van der Waals surface area contributed by atoms with Gasteiger partial charge in [0.25, 0.3) is 5.91 Å². The highest BCUT2D eigenvalue weighted by atomic mass is 16.5. The first kappa shape index (κ1) is 37.3. The number of aliphatic hydroxyl groups is 1. The van der Waals surface area contributed by atoms with Crippen LogP contribution in [0.1, 0.15) is 77.1 Å². The van der Waals surface area contributed by atoms with Gasteiger partial charge in [-0.2, -0.15) is 0 Å². The van der Waals surface area contributed by atoms with Crippen molar-refractivity contribution in [3.05, 3.63) is 113 Å². The predicted molar refractivity (Wildman–Crippen MR) is 219 cm³/mol. The molecule has 2 amide bonds. The Morgan fingerprint density at radius 3 is 2.33 bits per heavy atom. The van der Waals surface area contributed by atoms with Crippen molar-refractivity contribution in [1.82, 2.24) is 15.1 Å². The van der Waals surface area contributed by atoms with Gasteiger partial charge < -0.3 is 39.7 Å². The van der Waals surface area contributed by atoms with Crippen molar-refractivity contribution in [1.29, 1.82) is 0 Å². The van der Waals surface area contributed by atoms with Crippen LogP contribution in [-0.4, -0.2) is 103 Å². The van der Waals surface area contributed by atoms with Gasteiger partial charge in [0.1, 0.15) is 29.6 Å². The van der Waals surface area contributed by atoms with Gasteiger partial charge in [-0.05, 0) is 97.3 Å². The maximum absolute atomic E-state index is 13.2. The van der Waals surface area contributed by atoms with Crippen LogP contribution in [0, 0.1) is 5.92 Å². The van der Waals surface area contributed by atoms with Crippen molar-refractivity contribution in [3.63, 3.8) is 0 Å². The first-order chi connectivity index (χ1) is 27.7. The number of nitrogens with one attached hydrogen (secondary N) is 1. The number of benzene rings is 4. The second kappa shape index (κ2) is 15.6. The number of phenols is 1. The second-order valence-electron chi connectivity index (χ2n) is 16.5. The third-order valence-electron chi connectivity index (χ3n) is 13.1. The van der Waals surface area contributed by atoms with Crippen LogP contribution in [0.15, 0.2) is 84.9 Å². The Bertz CT molecular complexity index is 2110. The molecule has 0 spiro atoms. The molecule has 11 heteroatoms. The quantitative estimate of drug-likeness (QED) is 0.208. The molecular weight excluding hydrogens is 719 g/mol. The third kappa shape index (κ3) is 7.39. The standard InChI is InChI=1S/C46H53N5O6/c1-29-43(32-4-3-5-37(25-32)56-2)44(39-13-11-36(52)26-41(39)57-29)31-6-8-34(9-7-31)49-18-16-30(17-19-49)27-48-20-22-50(23-21-48)35-10-12-38-33(24-35)28-51(46(38)55)40-14-15-42(53)47-45(40)54/h3-13,24-26,29-30,40,43-45,52,54H,14-23,27-28H2,1-2H3,(H,47,53)/t29-,40?,43?,44?,45?/m1/s1. The number of phenolic OH excluding ortho intramolecular Hbond substituents is 1. The third-order valence-corrected chi connectivity index (χ3v) is 13.1. The molecule has 0 aliphatic carbocycles. The molecule has 57 heavy (non-hydrogen) atoms. The van der Waals surface area contributed by atoms with E-state index in [-0.39, 0.29) is 35.5 Å². The molecule has 0 radical (unpaired) electrons. The van der Waals surface area contributed by atoms with Crippen LogP contribution < -0.4 is 24.6 Å². The molecule has 3 N–H and O–H groups in total. The number of methoxy groups -OCH3 is 1. The van der Waals surface area contributed by atoms with Crippen molar-refractivity contribution in [2.24, 2.45) is 5.92 Å². The lowest BCUT2D eigenvalue weighted by Gasteiger charge is -2.40. The summed E-state index contributed by atoms with van der Waals surface area (Å²) in [6.45, 7) is 9.72. The Morgan fingerprint density at radius 1 is 0.825 bits per heavy atom. The van der Waals surface area contributed by atoms with Crippen molar-refractivity contribution in [2.45, 2.75) is 69.4 Å². The molecule has 4 aromatic rings. The van der Waals surface area contributed by atoms with Gasteiger partial charge in [0.05, 0.1) is 13.2 Å². The highest BCUT2D eigenvalue weighted by Crippen LogP contribution is 2.50. The first-order valence-corrected chi connectivity index (χ1v) is 20.6. The lowest BCUT2D eigenvalue weighted by Crippen LogP contribution is -2.55. The van der Waals surface area contributed by atoms with E-state index in [9.17, 15) is 19.8 Å². The number of piperidine rings is 2. The number of hydrogen-bond donors (Lipinski definition) is 3. The number of carbonyl (C=O) groups excluding carboxylic acids is 2. The summed E-state index contributed by atoms with van der Waals surface area (Å²) in [6.07, 6.45) is 2.00. The summed E-state index contributed by atoms with van der Waals surface area (Å²) in [6, 6.07) is 28.7. The largest absolute Gasteiger partial charge is 0.508 e. The SMILES string of the molecule is COc1cccc(C2C(c3ccc(N4CCC(CN5CCN(c6ccc7c(c6)CN(C6CCC(=O)NC6O)C7=O)CC5)CC4)cc3)c3ccc(O)cc3O[C@@H]2C)c1. The number of rotatable bonds is 8. The highest BCUT2D eigenvalue weighted by Gasteiger charge is 2.40. The number of piperazine rings is 1. The van der Waals surface area contributed by atoms with E-state index in [1.54, 1.807) is 24.1 Å². The second-order valence-corrected chi connectivity index (χ2v) is 16.5. The number of ether oxygens (including phenoxy) is 2. The maximum Gasteiger partial charge on any atom is 0.254 e. The smallest absolute Gasteiger partial charge is 0.254 e. The summed E-state index contributed by atoms with van der Waals surface area (Å²) in [5.74, 6) is 2.33. The van der Waals surface area contributed by atoms with Gasteiger partial charge in [0.15, 0.2) is 0 Å². The first-order valence-electron chi connectivity index (χ1n) is 20.6. The topological polar surface area (TPSA) is 118 Å². The fourth-order valence-corrected chi connectivity index (χ4v) is 10.0. The molecule has 4 unspecified atom stereocenters. The summed E-state index contributed by atoms with van der Waals surface area (Å²) >= 11 is 0. The Balaban J connectivity index is 0.795. The van der Waals surface area contributed by atoms with E-state index in [0.717, 1.165) is 74.1 Å². The zero-order valence-corrected chi connectivity index (χ0v) is 32.8. The minimum absolute atomic E-state index is 0.0574. The average molecular weight is 772 g/mol. The van der Waals surface area contributed by atoms with Gasteiger partial charge in [0, 0.05) is 99.2 Å². The Labute approximate surface area is 334 Å². The number of hydrogen-bond acceptors (Lipinski definition) is 9. The van der Waals surface area contributed by atoms with Gasteiger partial charge in [0.2, 0.25) is 5.91 Å². The summed E-state index contributed by atoms with van der Waals surface area (Å²) in [4.78, 5) is 34.2. The number of carbonyl (C=O) groups is 2. The monoisotopic (exact) mass is 771 g/mol. The van der Waals surface area contributed by atoms with Crippen molar-refractivity contribution in [2.75, 3.05) is 62.7 Å². The molecule has 5 aliphatic rings. The Morgan fingerprint density at radius 2 is 1.58 bits per heavy atom. The molecule has 4 aromatic carbocycles. The van der Waals surface area contributed by atoms with E-state index >= 15 is 0 Å². The fourth-order valence-electron chi connectivity index (χ4n) is 10.0. The maximum atomic E-state index is 13.2. The van der Waals surface area contributed by atoms with E-state index in [4.69, 9.17) is 9.47 Å². The molecular formula is C46H53N5O6. The van der Waals surface area contributed by atoms with Crippen LogP contribution in [-0.2, 0) is 11.3 Å². The molecule has 298 valence electrons. The van der Waals surface area contributed by atoms with E-state index in [1.807, 2.05) is 24.3 Å². The van der Waals surface area contributed by atoms with E-state index in [2.05, 4.69) is 75.5 Å². The number of amides is 2. The lowest BCUT2D eigenvalue weighted by atomic mass is 9.73. The van der Waals surface area contributed by atoms with Gasteiger partial charge >= 0.3 is 0 Å². The Hall–Kier alpha value is -5.26. The van der Waals surface area contributed by atoms with Crippen molar-refractivity contribution in [3.8, 4) is 17.2 Å². The van der Waals surface area contributed by atoms with E-state index < -0.39 is 12.3 Å². The molecule has 0 aromatic heterocycles. The summed E-state index contributed by atoms with van der Waals surface area (Å²) in [5, 5.41) is 23.3. The molecule has 5 heterocycles. The zero-order chi connectivity index (χ0) is 39.2. The van der Waals surface area contributed by atoms with Crippen LogP contribution >= 0.6 is 0 Å². The number of anilines is 2. The molecule has 3 fully saturated rings. The molecule has 3 saturated heterocycles. The molecule has 5 atom stereocenters. The molecule has 9 rings (SSSR count). The van der Waals surface area contributed by atoms with Crippen molar-refractivity contribution < 1.29 is 29.3 Å². The highest BCUT2D eigenvalue weighted by molar-refractivity contribution is 5.99. The molecule has 11 nitrogen and oxygen atoms in total. The Kier molecular flexibility index (Phi) is 10.2. The number of fused-ring (bicyclic) bond motifs is 2. The van der Waals surface area contributed by atoms with Gasteiger partial charge in [-0.15, -0.1) is 0 Å². The average Bonchev–Trinajstić information content (AvgIpc) is 3.55. The summed E-state index contributed by atoms with van der Waals surface area (Å²) < 4.78 is 12.0. The zero-order valence-electron chi connectivity index (χ0n) is 32.8. The minimum atomic E-state index is -1.03. The van der Waals surface area contributed by atoms with E-state index in [1.165, 1.54) is 29.7 Å². The summed E-state index contributed by atoms with van der Waals surface area (Å²) in [5.41, 5.74) is 7.57. The van der Waals surface area contributed by atoms with Gasteiger partial charge in [-0.1, -0.05) is 30.3 Å². The lowest BCUT2D eigenvalue weighted by molar-refractivity contribution is -0.129. The number of aromatic hydroxyl groups is 1. The normalized spacial score (nSPS) is 25.5. The molecule has 5 aliphatic heterocycles. The summed E-state index contributed by atoms with van der Waals surface area (Å²) in [7, 11) is 1.70. The van der Waals surface area contributed by atoms with Gasteiger partial charge in [-0.3, -0.25) is 14.5 Å². The number of nitrogens with zero attached hydrogens (tertiary/aromatic N) is 4.